The van der Waals surface area contributed by atoms with Crippen molar-refractivity contribution in [3.8, 4) is 0 Å². The minimum Gasteiger partial charge on any atom is -0.423 e. The van der Waals surface area contributed by atoms with Crippen LogP contribution in [0.15, 0.2) is 11.5 Å². The Morgan fingerprint density at radius 1 is 1.37 bits per heavy atom. The van der Waals surface area contributed by atoms with Gasteiger partial charge in [-0.05, 0) is 58.3 Å². The summed E-state index contributed by atoms with van der Waals surface area (Å²) in [5.41, 5.74) is -0.814. The van der Waals surface area contributed by atoms with E-state index >= 15 is 0 Å². The van der Waals surface area contributed by atoms with E-state index in [9.17, 15) is 10.1 Å². The molecule has 0 heterocycles. The van der Waals surface area contributed by atoms with E-state index in [0.29, 0.717) is 0 Å². The fraction of sp³-hybridized carbons (Fsp3) is 0.867. The largest absolute Gasteiger partial charge is 0.487 e. The normalized spacial score (nSPS) is 21.2. The van der Waals surface area contributed by atoms with Crippen molar-refractivity contribution < 1.29 is 14.8 Å². The number of hydrogen-bond donors (Lipinski definition) is 2. The monoisotopic (exact) mass is 268 g/mol. The molecule has 0 aromatic carbocycles. The molecule has 0 saturated carbocycles. The average molecular weight is 268 g/mol. The van der Waals surface area contributed by atoms with E-state index in [1.54, 1.807) is 27.7 Å². The molecule has 1 unspecified atom stereocenters. The first kappa shape index (κ1) is 16.7. The van der Waals surface area contributed by atoms with Crippen molar-refractivity contribution in [3.63, 3.8) is 0 Å². The zero-order valence-corrected chi connectivity index (χ0v) is 13.1. The van der Waals surface area contributed by atoms with Gasteiger partial charge in [0.25, 0.3) is 0 Å². The molecule has 0 aromatic heterocycles. The molecule has 1 aliphatic carbocycles. The maximum atomic E-state index is 10.2. The summed E-state index contributed by atoms with van der Waals surface area (Å²) < 4.78 is 5.67. The molecule has 0 aliphatic heterocycles. The quantitative estimate of drug-likeness (QED) is 0.728. The topological polar surface area (TPSA) is 49.7 Å². The average Bonchev–Trinajstić information content (AvgIpc) is 2.28. The Balaban J connectivity index is 2.58. The summed E-state index contributed by atoms with van der Waals surface area (Å²) in [6.45, 7) is 9.22. The van der Waals surface area contributed by atoms with Gasteiger partial charge in [0, 0.05) is 0 Å². The Labute approximate surface area is 118 Å². The van der Waals surface area contributed by atoms with Crippen molar-refractivity contribution in [2.45, 2.75) is 77.9 Å². The van der Waals surface area contributed by atoms with Gasteiger partial charge in [-0.3, -0.25) is 0 Å². The predicted molar refractivity (Wildman–Crippen MR) is 79.8 cm³/mol. The molecule has 0 spiro atoms. The van der Waals surface area contributed by atoms with E-state index in [0.717, 1.165) is 30.7 Å². The summed E-state index contributed by atoms with van der Waals surface area (Å²) in [5.74, 6) is 0.753. The molecule has 19 heavy (non-hydrogen) atoms. The Morgan fingerprint density at radius 2 is 2.00 bits per heavy atom. The maximum Gasteiger partial charge on any atom is 0.487 e. The van der Waals surface area contributed by atoms with Gasteiger partial charge in [-0.1, -0.05) is 25.8 Å². The third kappa shape index (κ3) is 4.62. The Hall–Kier alpha value is -0.315. The third-order valence-corrected chi connectivity index (χ3v) is 4.45. The minimum atomic E-state index is -0.992. The van der Waals surface area contributed by atoms with Gasteiger partial charge in [-0.15, -0.1) is 0 Å². The molecular formula is C15H29BO3. The van der Waals surface area contributed by atoms with Crippen LogP contribution in [-0.4, -0.2) is 28.5 Å². The van der Waals surface area contributed by atoms with Gasteiger partial charge in [0.2, 0.25) is 0 Å². The molecule has 0 saturated heterocycles. The summed E-state index contributed by atoms with van der Waals surface area (Å²) in [4.78, 5) is 0. The fourth-order valence-electron chi connectivity index (χ4n) is 2.30. The van der Waals surface area contributed by atoms with Crippen molar-refractivity contribution in [1.29, 1.82) is 0 Å². The fourth-order valence-corrected chi connectivity index (χ4v) is 2.30. The summed E-state index contributed by atoms with van der Waals surface area (Å²) in [6, 6.07) is 0. The lowest BCUT2D eigenvalue weighted by atomic mass is 9.69. The molecule has 4 heteroatoms. The molecule has 1 atom stereocenters. The van der Waals surface area contributed by atoms with Crippen LogP contribution < -0.4 is 0 Å². The van der Waals surface area contributed by atoms with E-state index in [-0.39, 0.29) is 0 Å². The smallest absolute Gasteiger partial charge is 0.423 e. The SMILES string of the molecule is CCCC1CC=C(B(O)OC(C)(C)C(C)(C)O)CC1. The summed E-state index contributed by atoms with van der Waals surface area (Å²) in [7, 11) is -0.899. The van der Waals surface area contributed by atoms with Gasteiger partial charge in [-0.25, -0.2) is 0 Å². The molecule has 1 aliphatic rings. The highest BCUT2D eigenvalue weighted by molar-refractivity contribution is 6.52. The summed E-state index contributed by atoms with van der Waals surface area (Å²) >= 11 is 0. The highest BCUT2D eigenvalue weighted by Gasteiger charge is 2.40. The molecule has 0 aromatic rings. The maximum absolute atomic E-state index is 10.2. The van der Waals surface area contributed by atoms with Gasteiger partial charge in [-0.2, -0.15) is 0 Å². The molecule has 0 bridgehead atoms. The Kier molecular flexibility index (Phi) is 5.66. The van der Waals surface area contributed by atoms with Crippen molar-refractivity contribution in [2.24, 2.45) is 5.92 Å². The van der Waals surface area contributed by atoms with E-state index in [1.165, 1.54) is 12.8 Å². The van der Waals surface area contributed by atoms with Gasteiger partial charge >= 0.3 is 7.12 Å². The van der Waals surface area contributed by atoms with Crippen LogP contribution in [0.1, 0.15) is 66.7 Å². The van der Waals surface area contributed by atoms with Crippen LogP contribution >= 0.6 is 0 Å². The van der Waals surface area contributed by atoms with E-state index < -0.39 is 18.3 Å². The highest BCUT2D eigenvalue weighted by Crippen LogP contribution is 2.31. The molecule has 0 fully saturated rings. The minimum absolute atomic E-state index is 0.753. The second kappa shape index (κ2) is 6.42. The molecule has 0 amide bonds. The number of aliphatic hydroxyl groups is 1. The first-order valence-electron chi connectivity index (χ1n) is 7.44. The van der Waals surface area contributed by atoms with Crippen LogP contribution in [0.4, 0.5) is 0 Å². The van der Waals surface area contributed by atoms with Crippen LogP contribution in [0.3, 0.4) is 0 Å². The zero-order chi connectivity index (χ0) is 14.7. The summed E-state index contributed by atoms with van der Waals surface area (Å²) in [6.07, 6.45) is 7.66. The van der Waals surface area contributed by atoms with Crippen molar-refractivity contribution in [3.05, 3.63) is 11.5 Å². The second-order valence-electron chi connectivity index (χ2n) is 6.75. The molecular weight excluding hydrogens is 239 g/mol. The lowest BCUT2D eigenvalue weighted by Crippen LogP contribution is -2.51. The zero-order valence-electron chi connectivity index (χ0n) is 13.1. The molecule has 110 valence electrons. The van der Waals surface area contributed by atoms with Crippen molar-refractivity contribution in [2.75, 3.05) is 0 Å². The van der Waals surface area contributed by atoms with Crippen LogP contribution in [0, 0.1) is 5.92 Å². The molecule has 0 radical (unpaired) electrons. The lowest BCUT2D eigenvalue weighted by Gasteiger charge is -2.39. The first-order valence-corrected chi connectivity index (χ1v) is 7.44. The van der Waals surface area contributed by atoms with Gasteiger partial charge in [0.05, 0.1) is 11.2 Å². The van der Waals surface area contributed by atoms with Crippen molar-refractivity contribution >= 4 is 7.12 Å². The number of hydrogen-bond acceptors (Lipinski definition) is 3. The predicted octanol–water partition coefficient (Wildman–Crippen LogP) is 3.10. The van der Waals surface area contributed by atoms with Crippen molar-refractivity contribution in [1.82, 2.24) is 0 Å². The van der Waals surface area contributed by atoms with Gasteiger partial charge in [0.1, 0.15) is 0 Å². The van der Waals surface area contributed by atoms with Gasteiger partial charge < -0.3 is 14.8 Å². The van der Waals surface area contributed by atoms with Gasteiger partial charge in [0.15, 0.2) is 0 Å². The van der Waals surface area contributed by atoms with E-state index in [1.807, 2.05) is 0 Å². The van der Waals surface area contributed by atoms with Crippen LogP contribution in [0.5, 0.6) is 0 Å². The van der Waals surface area contributed by atoms with E-state index in [2.05, 4.69) is 13.0 Å². The Morgan fingerprint density at radius 3 is 2.42 bits per heavy atom. The van der Waals surface area contributed by atoms with E-state index in [4.69, 9.17) is 4.65 Å². The van der Waals surface area contributed by atoms with Crippen LogP contribution in [0.2, 0.25) is 0 Å². The molecule has 1 rings (SSSR count). The third-order valence-electron chi connectivity index (χ3n) is 4.45. The highest BCUT2D eigenvalue weighted by atomic mass is 16.5. The molecule has 3 nitrogen and oxygen atoms in total. The lowest BCUT2D eigenvalue weighted by molar-refractivity contribution is -0.0990. The molecule has 2 N–H and O–H groups in total. The Bertz CT molecular complexity index is 318. The second-order valence-corrected chi connectivity index (χ2v) is 6.75. The van der Waals surface area contributed by atoms with Crippen LogP contribution in [-0.2, 0) is 4.65 Å². The van der Waals surface area contributed by atoms with Crippen LogP contribution in [0.25, 0.3) is 0 Å². The number of rotatable bonds is 6. The number of allylic oxidation sites excluding steroid dienone is 2. The summed E-state index contributed by atoms with van der Waals surface area (Å²) in [5, 5.41) is 20.2. The standard InChI is InChI=1S/C15H29BO3/c1-6-7-12-8-10-13(11-9-12)16(18)19-15(4,5)14(2,3)17/h10,12,17-18H,6-9,11H2,1-5H3. The first-order chi connectivity index (χ1) is 8.67.